The molecule has 0 radical (unpaired) electrons. The molecule has 0 spiro atoms. The van der Waals surface area contributed by atoms with Crippen molar-refractivity contribution in [3.63, 3.8) is 0 Å². The normalized spacial score (nSPS) is 19.3. The Bertz CT molecular complexity index is 863. The van der Waals surface area contributed by atoms with Gasteiger partial charge in [0, 0.05) is 26.6 Å². The maximum atomic E-state index is 13.0. The lowest BCUT2D eigenvalue weighted by molar-refractivity contribution is -0.132. The Hall–Kier alpha value is -2.77. The molecule has 0 saturated carbocycles. The fraction of sp³-hybridized carbons (Fsp3) is 0.474. The predicted molar refractivity (Wildman–Crippen MR) is 94.9 cm³/mol. The summed E-state index contributed by atoms with van der Waals surface area (Å²) in [6.07, 6.45) is 2.10. The maximum absolute atomic E-state index is 13.0. The quantitative estimate of drug-likeness (QED) is 0.823. The lowest BCUT2D eigenvalue weighted by Crippen LogP contribution is -2.40. The minimum Gasteiger partial charge on any atom is -0.333 e. The first-order chi connectivity index (χ1) is 13.0. The SMILES string of the molecule is CC(=O)N1CCC[C@@H]1c1nnc2n1CCN(C(=O)Cc1ccc(F)cc1)C2. The minimum absolute atomic E-state index is 0.0105. The highest BCUT2D eigenvalue weighted by Gasteiger charge is 2.34. The van der Waals surface area contributed by atoms with E-state index < -0.39 is 0 Å². The van der Waals surface area contributed by atoms with Gasteiger partial charge in [-0.2, -0.15) is 0 Å². The molecular weight excluding hydrogens is 349 g/mol. The summed E-state index contributed by atoms with van der Waals surface area (Å²) in [6.45, 7) is 3.94. The fourth-order valence-corrected chi connectivity index (χ4v) is 3.94. The average Bonchev–Trinajstić information content (AvgIpc) is 3.29. The molecule has 2 aromatic rings. The highest BCUT2D eigenvalue weighted by Crippen LogP contribution is 2.32. The smallest absolute Gasteiger partial charge is 0.227 e. The number of halogens is 1. The second-order valence-corrected chi connectivity index (χ2v) is 7.12. The van der Waals surface area contributed by atoms with Gasteiger partial charge in [0.15, 0.2) is 11.6 Å². The van der Waals surface area contributed by atoms with Gasteiger partial charge in [-0.25, -0.2) is 4.39 Å². The van der Waals surface area contributed by atoms with Crippen LogP contribution in [0.2, 0.25) is 0 Å². The zero-order valence-corrected chi connectivity index (χ0v) is 15.3. The fourth-order valence-electron chi connectivity index (χ4n) is 3.94. The van der Waals surface area contributed by atoms with Gasteiger partial charge >= 0.3 is 0 Å². The van der Waals surface area contributed by atoms with Crippen LogP contribution in [0.5, 0.6) is 0 Å². The van der Waals surface area contributed by atoms with Crippen LogP contribution in [0.1, 0.15) is 43.0 Å². The molecule has 0 N–H and O–H groups in total. The van der Waals surface area contributed by atoms with Crippen molar-refractivity contribution in [3.05, 3.63) is 47.3 Å². The van der Waals surface area contributed by atoms with Crippen molar-refractivity contribution in [2.75, 3.05) is 13.1 Å². The van der Waals surface area contributed by atoms with Gasteiger partial charge in [0.1, 0.15) is 5.82 Å². The third kappa shape index (κ3) is 3.43. The van der Waals surface area contributed by atoms with Crippen LogP contribution >= 0.6 is 0 Å². The van der Waals surface area contributed by atoms with Crippen molar-refractivity contribution < 1.29 is 14.0 Å². The van der Waals surface area contributed by atoms with Crippen LogP contribution in [-0.2, 0) is 29.1 Å². The molecule has 0 unspecified atom stereocenters. The number of hydrogen-bond acceptors (Lipinski definition) is 4. The van der Waals surface area contributed by atoms with Gasteiger partial charge in [-0.1, -0.05) is 12.1 Å². The molecular formula is C19H22FN5O2. The molecule has 27 heavy (non-hydrogen) atoms. The number of benzene rings is 1. The summed E-state index contributed by atoms with van der Waals surface area (Å²) in [5.74, 6) is 1.31. The molecule has 8 heteroatoms. The number of amides is 2. The molecule has 4 rings (SSSR count). The van der Waals surface area contributed by atoms with Crippen molar-refractivity contribution in [1.29, 1.82) is 0 Å². The number of rotatable bonds is 3. The summed E-state index contributed by atoms with van der Waals surface area (Å²) in [7, 11) is 0. The molecule has 2 aliphatic rings. The monoisotopic (exact) mass is 371 g/mol. The largest absolute Gasteiger partial charge is 0.333 e. The number of nitrogens with zero attached hydrogens (tertiary/aromatic N) is 5. The molecule has 3 heterocycles. The number of carbonyl (C=O) groups is 2. The van der Waals surface area contributed by atoms with E-state index in [1.807, 2.05) is 9.47 Å². The second-order valence-electron chi connectivity index (χ2n) is 7.12. The molecule has 1 fully saturated rings. The van der Waals surface area contributed by atoms with Crippen molar-refractivity contribution in [3.8, 4) is 0 Å². The van der Waals surface area contributed by atoms with E-state index in [1.165, 1.54) is 12.1 Å². The topological polar surface area (TPSA) is 71.3 Å². The second kappa shape index (κ2) is 7.09. The molecule has 1 aromatic heterocycles. The van der Waals surface area contributed by atoms with Gasteiger partial charge < -0.3 is 14.4 Å². The van der Waals surface area contributed by atoms with Gasteiger partial charge in [-0.15, -0.1) is 10.2 Å². The first-order valence-electron chi connectivity index (χ1n) is 9.24. The van der Waals surface area contributed by atoms with E-state index in [2.05, 4.69) is 10.2 Å². The molecule has 0 bridgehead atoms. The van der Waals surface area contributed by atoms with Gasteiger partial charge in [0.2, 0.25) is 11.8 Å². The van der Waals surface area contributed by atoms with E-state index >= 15 is 0 Å². The minimum atomic E-state index is -0.309. The Morgan fingerprint density at radius 2 is 1.93 bits per heavy atom. The van der Waals surface area contributed by atoms with E-state index in [0.29, 0.717) is 19.6 Å². The van der Waals surface area contributed by atoms with Crippen LogP contribution in [0.25, 0.3) is 0 Å². The third-order valence-corrected chi connectivity index (χ3v) is 5.36. The number of likely N-dealkylation sites (tertiary alicyclic amines) is 1. The maximum Gasteiger partial charge on any atom is 0.227 e. The lowest BCUT2D eigenvalue weighted by Gasteiger charge is -2.30. The summed E-state index contributed by atoms with van der Waals surface area (Å²) >= 11 is 0. The van der Waals surface area contributed by atoms with E-state index in [-0.39, 0.29) is 30.1 Å². The van der Waals surface area contributed by atoms with Gasteiger partial charge in [0.25, 0.3) is 0 Å². The van der Waals surface area contributed by atoms with E-state index in [0.717, 1.165) is 36.6 Å². The predicted octanol–water partition coefficient (Wildman–Crippen LogP) is 1.69. The van der Waals surface area contributed by atoms with Gasteiger partial charge in [-0.3, -0.25) is 9.59 Å². The zero-order valence-electron chi connectivity index (χ0n) is 15.3. The van der Waals surface area contributed by atoms with Crippen LogP contribution in [0.4, 0.5) is 4.39 Å². The third-order valence-electron chi connectivity index (χ3n) is 5.36. The van der Waals surface area contributed by atoms with Crippen LogP contribution in [0.15, 0.2) is 24.3 Å². The van der Waals surface area contributed by atoms with Crippen LogP contribution in [0, 0.1) is 5.82 Å². The summed E-state index contributed by atoms with van der Waals surface area (Å²) in [5, 5.41) is 8.62. The Morgan fingerprint density at radius 1 is 1.15 bits per heavy atom. The standard InChI is InChI=1S/C19H22FN5O2/c1-13(26)24-8-2-3-16(24)19-22-21-17-12-23(9-10-25(17)19)18(27)11-14-4-6-15(20)7-5-14/h4-7,16H,2-3,8-12H2,1H3/t16-/m1/s1. The van der Waals surface area contributed by atoms with Gasteiger partial charge in [-0.05, 0) is 30.5 Å². The van der Waals surface area contributed by atoms with Crippen molar-refractivity contribution in [2.24, 2.45) is 0 Å². The highest BCUT2D eigenvalue weighted by atomic mass is 19.1. The zero-order chi connectivity index (χ0) is 19.0. The Kier molecular flexibility index (Phi) is 4.63. The summed E-state index contributed by atoms with van der Waals surface area (Å²) < 4.78 is 15.1. The summed E-state index contributed by atoms with van der Waals surface area (Å²) in [5.41, 5.74) is 0.789. The molecule has 1 atom stereocenters. The Labute approximate surface area is 156 Å². The highest BCUT2D eigenvalue weighted by molar-refractivity contribution is 5.78. The first-order valence-corrected chi connectivity index (χ1v) is 9.24. The lowest BCUT2D eigenvalue weighted by atomic mass is 10.1. The van der Waals surface area contributed by atoms with Crippen LogP contribution in [0.3, 0.4) is 0 Å². The number of aromatic nitrogens is 3. The van der Waals surface area contributed by atoms with Crippen LogP contribution in [-0.4, -0.2) is 49.5 Å². The van der Waals surface area contributed by atoms with E-state index in [1.54, 1.807) is 24.0 Å². The Balaban J connectivity index is 1.46. The van der Waals surface area contributed by atoms with Crippen molar-refractivity contribution in [1.82, 2.24) is 24.6 Å². The molecule has 0 aliphatic carbocycles. The van der Waals surface area contributed by atoms with E-state index in [4.69, 9.17) is 0 Å². The first kappa shape index (κ1) is 17.6. The number of hydrogen-bond donors (Lipinski definition) is 0. The van der Waals surface area contributed by atoms with Crippen molar-refractivity contribution in [2.45, 2.75) is 45.3 Å². The van der Waals surface area contributed by atoms with Crippen LogP contribution < -0.4 is 0 Å². The van der Waals surface area contributed by atoms with Gasteiger partial charge in [0.05, 0.1) is 19.0 Å². The molecule has 1 saturated heterocycles. The molecule has 7 nitrogen and oxygen atoms in total. The van der Waals surface area contributed by atoms with Crippen molar-refractivity contribution >= 4 is 11.8 Å². The summed E-state index contributed by atoms with van der Waals surface area (Å²) in [4.78, 5) is 28.0. The number of fused-ring (bicyclic) bond motifs is 1. The molecule has 2 aliphatic heterocycles. The van der Waals surface area contributed by atoms with E-state index in [9.17, 15) is 14.0 Å². The number of carbonyl (C=O) groups excluding carboxylic acids is 2. The molecule has 1 aromatic carbocycles. The summed E-state index contributed by atoms with van der Waals surface area (Å²) in [6, 6.07) is 5.97. The Morgan fingerprint density at radius 3 is 2.67 bits per heavy atom. The molecule has 2 amide bonds. The average molecular weight is 371 g/mol. The molecule has 142 valence electrons.